The van der Waals surface area contributed by atoms with E-state index in [1.807, 2.05) is 6.92 Å². The van der Waals surface area contributed by atoms with Crippen molar-refractivity contribution in [2.45, 2.75) is 25.0 Å². The summed E-state index contributed by atoms with van der Waals surface area (Å²) < 4.78 is 0. The van der Waals surface area contributed by atoms with Gasteiger partial charge in [-0.25, -0.2) is 0 Å². The van der Waals surface area contributed by atoms with Crippen molar-refractivity contribution in [3.8, 4) is 0 Å². The van der Waals surface area contributed by atoms with Gasteiger partial charge in [0.05, 0.1) is 5.25 Å². The lowest BCUT2D eigenvalue weighted by Crippen LogP contribution is -2.38. The van der Waals surface area contributed by atoms with Gasteiger partial charge < -0.3 is 5.32 Å². The molecule has 0 aliphatic carbocycles. The van der Waals surface area contributed by atoms with Crippen LogP contribution in [0.25, 0.3) is 0 Å². The lowest BCUT2D eigenvalue weighted by atomic mass is 10.1. The molecule has 1 fully saturated rings. The van der Waals surface area contributed by atoms with E-state index in [0.717, 1.165) is 30.7 Å². The SMILES string of the molecule is C/C(=C\Cl)CSC1CCCNC1=O. The maximum atomic E-state index is 11.3. The molecule has 0 saturated carbocycles. The first-order valence-corrected chi connectivity index (χ1v) is 5.87. The van der Waals surface area contributed by atoms with Crippen molar-refractivity contribution in [2.75, 3.05) is 12.3 Å². The molecule has 1 amide bonds. The van der Waals surface area contributed by atoms with Crippen LogP contribution >= 0.6 is 23.4 Å². The molecule has 1 unspecified atom stereocenters. The van der Waals surface area contributed by atoms with E-state index in [2.05, 4.69) is 5.32 Å². The van der Waals surface area contributed by atoms with Crippen molar-refractivity contribution < 1.29 is 4.79 Å². The summed E-state index contributed by atoms with van der Waals surface area (Å²) in [7, 11) is 0. The van der Waals surface area contributed by atoms with Crippen molar-refractivity contribution in [1.82, 2.24) is 5.32 Å². The molecule has 0 spiro atoms. The van der Waals surface area contributed by atoms with Gasteiger partial charge in [-0.3, -0.25) is 4.79 Å². The van der Waals surface area contributed by atoms with Crippen LogP contribution in [0.3, 0.4) is 0 Å². The Morgan fingerprint density at radius 2 is 2.62 bits per heavy atom. The second-order valence-corrected chi connectivity index (χ2v) is 4.60. The first kappa shape index (κ1) is 10.9. The van der Waals surface area contributed by atoms with Crippen LogP contribution in [0.4, 0.5) is 0 Å². The van der Waals surface area contributed by atoms with Crippen LogP contribution in [-0.2, 0) is 4.79 Å². The van der Waals surface area contributed by atoms with E-state index in [1.54, 1.807) is 17.3 Å². The second kappa shape index (κ2) is 5.55. The summed E-state index contributed by atoms with van der Waals surface area (Å²) in [6.45, 7) is 2.81. The maximum Gasteiger partial charge on any atom is 0.233 e. The zero-order valence-electron chi connectivity index (χ0n) is 7.68. The topological polar surface area (TPSA) is 29.1 Å². The highest BCUT2D eigenvalue weighted by Crippen LogP contribution is 2.21. The molecule has 1 aliphatic rings. The minimum Gasteiger partial charge on any atom is -0.355 e. The third-order valence-corrected chi connectivity index (χ3v) is 3.78. The smallest absolute Gasteiger partial charge is 0.233 e. The zero-order valence-corrected chi connectivity index (χ0v) is 9.25. The van der Waals surface area contributed by atoms with Crippen molar-refractivity contribution in [3.05, 3.63) is 11.1 Å². The summed E-state index contributed by atoms with van der Waals surface area (Å²) in [5.74, 6) is 1.03. The van der Waals surface area contributed by atoms with Crippen LogP contribution in [0, 0.1) is 0 Å². The molecule has 13 heavy (non-hydrogen) atoms. The van der Waals surface area contributed by atoms with Crippen LogP contribution in [0.1, 0.15) is 19.8 Å². The van der Waals surface area contributed by atoms with E-state index >= 15 is 0 Å². The van der Waals surface area contributed by atoms with Crippen LogP contribution in [0.15, 0.2) is 11.1 Å². The van der Waals surface area contributed by atoms with Gasteiger partial charge in [0.15, 0.2) is 0 Å². The molecule has 2 nitrogen and oxygen atoms in total. The van der Waals surface area contributed by atoms with E-state index in [4.69, 9.17) is 11.6 Å². The second-order valence-electron chi connectivity index (χ2n) is 3.19. The largest absolute Gasteiger partial charge is 0.355 e. The molecule has 0 aromatic heterocycles. The van der Waals surface area contributed by atoms with Gasteiger partial charge >= 0.3 is 0 Å². The Labute approximate surface area is 88.1 Å². The maximum absolute atomic E-state index is 11.3. The quantitative estimate of drug-likeness (QED) is 0.788. The monoisotopic (exact) mass is 219 g/mol. The van der Waals surface area contributed by atoms with Crippen LogP contribution in [0.2, 0.25) is 0 Å². The van der Waals surface area contributed by atoms with E-state index in [9.17, 15) is 4.79 Å². The van der Waals surface area contributed by atoms with Gasteiger partial charge in [0.1, 0.15) is 0 Å². The molecule has 1 N–H and O–H groups in total. The normalized spacial score (nSPS) is 24.3. The number of rotatable bonds is 3. The molecule has 1 saturated heterocycles. The standard InChI is InChI=1S/C9H14ClNOS/c1-7(5-10)6-13-8-3-2-4-11-9(8)12/h5,8H,2-4,6H2,1H3,(H,11,12)/b7-5+. The zero-order chi connectivity index (χ0) is 9.68. The van der Waals surface area contributed by atoms with E-state index in [1.165, 1.54) is 0 Å². The van der Waals surface area contributed by atoms with E-state index < -0.39 is 0 Å². The van der Waals surface area contributed by atoms with Gasteiger partial charge in [-0.2, -0.15) is 0 Å². The Morgan fingerprint density at radius 3 is 3.23 bits per heavy atom. The van der Waals surface area contributed by atoms with Gasteiger partial charge in [0.2, 0.25) is 5.91 Å². The number of piperidine rings is 1. The molecular weight excluding hydrogens is 206 g/mol. The lowest BCUT2D eigenvalue weighted by molar-refractivity contribution is -0.121. The van der Waals surface area contributed by atoms with E-state index in [0.29, 0.717) is 0 Å². The van der Waals surface area contributed by atoms with Gasteiger partial charge in [-0.1, -0.05) is 17.2 Å². The Bertz CT molecular complexity index is 218. The van der Waals surface area contributed by atoms with Gasteiger partial charge in [-0.15, -0.1) is 11.8 Å². The Hall–Kier alpha value is -0.150. The molecule has 1 heterocycles. The fourth-order valence-corrected chi connectivity index (χ4v) is 2.45. The molecule has 1 atom stereocenters. The third-order valence-electron chi connectivity index (χ3n) is 1.93. The average Bonchev–Trinajstić information content (AvgIpc) is 2.16. The summed E-state index contributed by atoms with van der Waals surface area (Å²) in [5, 5.41) is 2.99. The summed E-state index contributed by atoms with van der Waals surface area (Å²) in [4.78, 5) is 11.3. The minimum atomic E-state index is 0.125. The molecule has 0 radical (unpaired) electrons. The highest BCUT2D eigenvalue weighted by atomic mass is 35.5. The van der Waals surface area contributed by atoms with Crippen molar-refractivity contribution in [2.24, 2.45) is 0 Å². The van der Waals surface area contributed by atoms with Crippen molar-refractivity contribution in [1.29, 1.82) is 0 Å². The molecule has 1 aliphatic heterocycles. The van der Waals surface area contributed by atoms with Gasteiger partial charge in [0.25, 0.3) is 0 Å². The average molecular weight is 220 g/mol. The highest BCUT2D eigenvalue weighted by Gasteiger charge is 2.21. The molecule has 74 valence electrons. The molecule has 4 heteroatoms. The predicted molar refractivity (Wildman–Crippen MR) is 58.1 cm³/mol. The number of halogens is 1. The third kappa shape index (κ3) is 3.61. The number of hydrogen-bond acceptors (Lipinski definition) is 2. The van der Waals surface area contributed by atoms with Crippen LogP contribution in [0.5, 0.6) is 0 Å². The minimum absolute atomic E-state index is 0.125. The number of thioether (sulfide) groups is 1. The summed E-state index contributed by atoms with van der Waals surface area (Å²) >= 11 is 7.20. The number of hydrogen-bond donors (Lipinski definition) is 1. The highest BCUT2D eigenvalue weighted by molar-refractivity contribution is 8.00. The molecule has 0 aromatic carbocycles. The molecule has 1 rings (SSSR count). The van der Waals surface area contributed by atoms with Gasteiger partial charge in [0, 0.05) is 17.8 Å². The Kier molecular flexibility index (Phi) is 4.67. The number of carbonyl (C=O) groups is 1. The lowest BCUT2D eigenvalue weighted by Gasteiger charge is -2.21. The van der Waals surface area contributed by atoms with Crippen LogP contribution < -0.4 is 5.32 Å². The van der Waals surface area contributed by atoms with E-state index in [-0.39, 0.29) is 11.2 Å². The summed E-state index contributed by atoms with van der Waals surface area (Å²) in [5.41, 5.74) is 2.69. The first-order chi connectivity index (χ1) is 6.24. The Morgan fingerprint density at radius 1 is 1.85 bits per heavy atom. The fraction of sp³-hybridized carbons (Fsp3) is 0.667. The summed E-state index contributed by atoms with van der Waals surface area (Å²) in [6, 6.07) is 0. The molecular formula is C9H14ClNOS. The molecule has 0 aromatic rings. The number of carbonyl (C=O) groups excluding carboxylic acids is 1. The van der Waals surface area contributed by atoms with Crippen LogP contribution in [-0.4, -0.2) is 23.5 Å². The number of amides is 1. The summed E-state index contributed by atoms with van der Waals surface area (Å²) in [6.07, 6.45) is 2.08. The van der Waals surface area contributed by atoms with Gasteiger partial charge in [-0.05, 0) is 19.8 Å². The fourth-order valence-electron chi connectivity index (χ4n) is 1.17. The predicted octanol–water partition coefficient (Wildman–Crippen LogP) is 2.14. The van der Waals surface area contributed by atoms with Crippen molar-refractivity contribution in [3.63, 3.8) is 0 Å². The first-order valence-electron chi connectivity index (χ1n) is 4.39. The number of nitrogens with one attached hydrogen (secondary N) is 1. The van der Waals surface area contributed by atoms with Crippen molar-refractivity contribution >= 4 is 29.3 Å². The molecule has 0 bridgehead atoms. The Balaban J connectivity index is 2.31.